The normalized spacial score (nSPS) is 10.4. The van der Waals surface area contributed by atoms with E-state index in [4.69, 9.17) is 4.74 Å². The van der Waals surface area contributed by atoms with E-state index in [0.717, 1.165) is 17.0 Å². The first-order chi connectivity index (χ1) is 10.0. The Hall–Kier alpha value is -2.56. The largest absolute Gasteiger partial charge is 0.491 e. The van der Waals surface area contributed by atoms with Crippen LogP contribution in [0.3, 0.4) is 0 Å². The van der Waals surface area contributed by atoms with Crippen LogP contribution in [-0.4, -0.2) is 11.0 Å². The summed E-state index contributed by atoms with van der Waals surface area (Å²) in [6, 6.07) is 14.2. The minimum absolute atomic E-state index is 0.0906. The quantitative estimate of drug-likeness (QED) is 0.644. The standard InChI is InChI=1S/C16H18N2O3/c1-12(2)21-16-5-3-4-13(10-16)11-17-14-6-8-15(9-7-14)18(19)20/h3-10,12,17H,11H2,1-2H3. The molecule has 0 radical (unpaired) electrons. The molecule has 2 rings (SSSR count). The van der Waals surface area contributed by atoms with Crippen molar-refractivity contribution in [1.29, 1.82) is 0 Å². The Morgan fingerprint density at radius 2 is 1.90 bits per heavy atom. The average Bonchev–Trinajstić information content (AvgIpc) is 2.45. The van der Waals surface area contributed by atoms with Crippen LogP contribution in [0.25, 0.3) is 0 Å². The lowest BCUT2D eigenvalue weighted by molar-refractivity contribution is -0.384. The molecule has 5 nitrogen and oxygen atoms in total. The molecule has 0 fully saturated rings. The third kappa shape index (κ3) is 4.49. The van der Waals surface area contributed by atoms with Crippen molar-refractivity contribution in [2.24, 2.45) is 0 Å². The summed E-state index contributed by atoms with van der Waals surface area (Å²) in [4.78, 5) is 10.2. The zero-order chi connectivity index (χ0) is 15.2. The van der Waals surface area contributed by atoms with Gasteiger partial charge in [-0.3, -0.25) is 10.1 Å². The van der Waals surface area contributed by atoms with Crippen LogP contribution in [0.1, 0.15) is 19.4 Å². The highest BCUT2D eigenvalue weighted by Crippen LogP contribution is 2.18. The van der Waals surface area contributed by atoms with Gasteiger partial charge in [0.1, 0.15) is 5.75 Å². The van der Waals surface area contributed by atoms with Crippen molar-refractivity contribution >= 4 is 11.4 Å². The van der Waals surface area contributed by atoms with Crippen LogP contribution in [0, 0.1) is 10.1 Å². The van der Waals surface area contributed by atoms with E-state index in [0.29, 0.717) is 6.54 Å². The zero-order valence-corrected chi connectivity index (χ0v) is 12.1. The van der Waals surface area contributed by atoms with Crippen molar-refractivity contribution in [3.63, 3.8) is 0 Å². The number of non-ortho nitro benzene ring substituents is 1. The molecule has 0 saturated heterocycles. The van der Waals surface area contributed by atoms with E-state index in [-0.39, 0.29) is 11.8 Å². The highest BCUT2D eigenvalue weighted by molar-refractivity contribution is 5.49. The van der Waals surface area contributed by atoms with E-state index in [2.05, 4.69) is 5.32 Å². The Morgan fingerprint density at radius 3 is 2.52 bits per heavy atom. The minimum Gasteiger partial charge on any atom is -0.491 e. The monoisotopic (exact) mass is 286 g/mol. The third-order valence-electron chi connectivity index (χ3n) is 2.84. The number of anilines is 1. The third-order valence-corrected chi connectivity index (χ3v) is 2.84. The van der Waals surface area contributed by atoms with Crippen LogP contribution >= 0.6 is 0 Å². The summed E-state index contributed by atoms with van der Waals surface area (Å²) in [5.41, 5.74) is 2.02. The number of nitro groups is 1. The van der Waals surface area contributed by atoms with Gasteiger partial charge in [0.05, 0.1) is 11.0 Å². The van der Waals surface area contributed by atoms with Crippen molar-refractivity contribution in [3.05, 3.63) is 64.2 Å². The number of nitro benzene ring substituents is 1. The molecular formula is C16H18N2O3. The summed E-state index contributed by atoms with van der Waals surface area (Å²) in [6.45, 7) is 4.61. The van der Waals surface area contributed by atoms with Crippen molar-refractivity contribution in [3.8, 4) is 5.75 Å². The fraction of sp³-hybridized carbons (Fsp3) is 0.250. The lowest BCUT2D eigenvalue weighted by atomic mass is 10.2. The van der Waals surface area contributed by atoms with Gasteiger partial charge < -0.3 is 10.1 Å². The molecule has 0 bridgehead atoms. The van der Waals surface area contributed by atoms with E-state index < -0.39 is 4.92 Å². The van der Waals surface area contributed by atoms with Gasteiger partial charge in [-0.2, -0.15) is 0 Å². The van der Waals surface area contributed by atoms with Crippen molar-refractivity contribution in [1.82, 2.24) is 0 Å². The number of ether oxygens (including phenoxy) is 1. The molecule has 2 aromatic carbocycles. The molecule has 21 heavy (non-hydrogen) atoms. The summed E-state index contributed by atoms with van der Waals surface area (Å²) in [7, 11) is 0. The summed E-state index contributed by atoms with van der Waals surface area (Å²) < 4.78 is 5.65. The molecule has 0 aliphatic rings. The maximum atomic E-state index is 10.6. The molecule has 0 aliphatic carbocycles. The molecule has 2 aromatic rings. The second-order valence-electron chi connectivity index (χ2n) is 4.97. The first-order valence-corrected chi connectivity index (χ1v) is 6.78. The van der Waals surface area contributed by atoms with Gasteiger partial charge in [-0.15, -0.1) is 0 Å². The molecule has 0 unspecified atom stereocenters. The second kappa shape index (κ2) is 6.74. The summed E-state index contributed by atoms with van der Waals surface area (Å²) in [5, 5.41) is 13.8. The molecule has 1 N–H and O–H groups in total. The van der Waals surface area contributed by atoms with Gasteiger partial charge in [0.15, 0.2) is 0 Å². The van der Waals surface area contributed by atoms with Gasteiger partial charge >= 0.3 is 0 Å². The van der Waals surface area contributed by atoms with Crippen LogP contribution < -0.4 is 10.1 Å². The van der Waals surface area contributed by atoms with Crippen LogP contribution in [0.5, 0.6) is 5.75 Å². The Bertz CT molecular complexity index is 609. The molecule has 0 saturated carbocycles. The van der Waals surface area contributed by atoms with Gasteiger partial charge in [0, 0.05) is 24.4 Å². The zero-order valence-electron chi connectivity index (χ0n) is 12.1. The van der Waals surface area contributed by atoms with Crippen LogP contribution in [-0.2, 0) is 6.54 Å². The van der Waals surface area contributed by atoms with Crippen LogP contribution in [0.2, 0.25) is 0 Å². The van der Waals surface area contributed by atoms with Crippen molar-refractivity contribution < 1.29 is 9.66 Å². The van der Waals surface area contributed by atoms with E-state index in [1.807, 2.05) is 38.1 Å². The molecule has 0 aromatic heterocycles. The van der Waals surface area contributed by atoms with E-state index in [9.17, 15) is 10.1 Å². The van der Waals surface area contributed by atoms with Crippen LogP contribution in [0.15, 0.2) is 48.5 Å². The Morgan fingerprint density at radius 1 is 1.19 bits per heavy atom. The predicted molar refractivity (Wildman–Crippen MR) is 82.6 cm³/mol. The van der Waals surface area contributed by atoms with Crippen molar-refractivity contribution in [2.75, 3.05) is 5.32 Å². The Kier molecular flexibility index (Phi) is 4.77. The molecule has 0 amide bonds. The van der Waals surface area contributed by atoms with Gasteiger partial charge in [-0.25, -0.2) is 0 Å². The number of nitrogens with zero attached hydrogens (tertiary/aromatic N) is 1. The number of hydrogen-bond acceptors (Lipinski definition) is 4. The summed E-state index contributed by atoms with van der Waals surface area (Å²) >= 11 is 0. The molecule has 5 heteroatoms. The summed E-state index contributed by atoms with van der Waals surface area (Å²) in [6.07, 6.45) is 0.142. The Balaban J connectivity index is 1.97. The lowest BCUT2D eigenvalue weighted by Gasteiger charge is -2.11. The Labute approximate surface area is 123 Å². The van der Waals surface area contributed by atoms with Crippen molar-refractivity contribution in [2.45, 2.75) is 26.5 Å². The highest BCUT2D eigenvalue weighted by atomic mass is 16.6. The number of hydrogen-bond donors (Lipinski definition) is 1. The number of nitrogens with one attached hydrogen (secondary N) is 1. The summed E-state index contributed by atoms with van der Waals surface area (Å²) in [5.74, 6) is 0.841. The first kappa shape index (κ1) is 14.8. The molecule has 0 aliphatic heterocycles. The average molecular weight is 286 g/mol. The topological polar surface area (TPSA) is 64.4 Å². The smallest absolute Gasteiger partial charge is 0.269 e. The van der Waals surface area contributed by atoms with Gasteiger partial charge in [0.25, 0.3) is 5.69 Å². The molecule has 0 heterocycles. The lowest BCUT2D eigenvalue weighted by Crippen LogP contribution is -2.06. The maximum absolute atomic E-state index is 10.6. The van der Waals surface area contributed by atoms with E-state index in [1.54, 1.807) is 12.1 Å². The highest BCUT2D eigenvalue weighted by Gasteiger charge is 2.04. The SMILES string of the molecule is CC(C)Oc1cccc(CNc2ccc([N+](=O)[O-])cc2)c1. The first-order valence-electron chi connectivity index (χ1n) is 6.78. The molecule has 0 spiro atoms. The molecule has 110 valence electrons. The van der Waals surface area contributed by atoms with E-state index in [1.165, 1.54) is 12.1 Å². The predicted octanol–water partition coefficient (Wildman–Crippen LogP) is 3.99. The number of rotatable bonds is 6. The maximum Gasteiger partial charge on any atom is 0.269 e. The second-order valence-corrected chi connectivity index (χ2v) is 4.97. The van der Waals surface area contributed by atoms with Gasteiger partial charge in [-0.05, 0) is 43.7 Å². The molecule has 0 atom stereocenters. The minimum atomic E-state index is -0.406. The fourth-order valence-corrected chi connectivity index (χ4v) is 1.91. The fourth-order valence-electron chi connectivity index (χ4n) is 1.91. The molecular weight excluding hydrogens is 268 g/mol. The van der Waals surface area contributed by atoms with Gasteiger partial charge in [0.2, 0.25) is 0 Å². The number of benzene rings is 2. The van der Waals surface area contributed by atoms with Crippen LogP contribution in [0.4, 0.5) is 11.4 Å². The van der Waals surface area contributed by atoms with Gasteiger partial charge in [-0.1, -0.05) is 12.1 Å². The van der Waals surface area contributed by atoms with E-state index >= 15 is 0 Å².